The molecular weight excluding hydrogens is 437 g/mol. The van der Waals surface area contributed by atoms with Gasteiger partial charge in [-0.25, -0.2) is 4.98 Å². The minimum atomic E-state index is 0. The summed E-state index contributed by atoms with van der Waals surface area (Å²) in [5, 5.41) is 27.1. The molecule has 1 saturated carbocycles. The van der Waals surface area contributed by atoms with Crippen molar-refractivity contribution in [2.24, 2.45) is 5.92 Å². The first-order valence-electron chi connectivity index (χ1n) is 10.3. The van der Waals surface area contributed by atoms with Gasteiger partial charge < -0.3 is 15.3 Å². The molecule has 0 unspecified atom stereocenters. The van der Waals surface area contributed by atoms with Crippen LogP contribution in [-0.4, -0.2) is 55.7 Å². The molecule has 1 aliphatic heterocycles. The minimum absolute atomic E-state index is 0. The Labute approximate surface area is 193 Å². The molecule has 1 aliphatic carbocycles. The van der Waals surface area contributed by atoms with Crippen LogP contribution in [0.5, 0.6) is 5.75 Å². The number of aryl methyl sites for hydroxylation is 1. The monoisotopic (exact) mass is 463 g/mol. The van der Waals surface area contributed by atoms with Crippen LogP contribution in [0.4, 0.5) is 5.95 Å². The molecule has 3 heterocycles. The molecule has 1 aromatic carbocycles. The molecule has 0 spiro atoms. The second-order valence-corrected chi connectivity index (χ2v) is 7.80. The first-order chi connectivity index (χ1) is 14.2. The molecule has 1 saturated heterocycles. The molecule has 2 aliphatic rings. The number of rotatable bonds is 5. The fourth-order valence-electron chi connectivity index (χ4n) is 3.92. The van der Waals surface area contributed by atoms with E-state index in [0.29, 0.717) is 23.2 Å². The second-order valence-electron chi connectivity index (χ2n) is 7.80. The van der Waals surface area contributed by atoms with Gasteiger partial charge in [-0.15, -0.1) is 35.0 Å². The fourth-order valence-corrected chi connectivity index (χ4v) is 3.92. The molecule has 2 fully saturated rings. The number of nitrogens with one attached hydrogen (secondary N) is 1. The number of hydrogen-bond acceptors (Lipinski definition) is 7. The van der Waals surface area contributed by atoms with E-state index in [2.05, 4.69) is 30.5 Å². The smallest absolute Gasteiger partial charge is 0.245 e. The van der Waals surface area contributed by atoms with Gasteiger partial charge in [0.2, 0.25) is 5.95 Å². The maximum absolute atomic E-state index is 10.5. The van der Waals surface area contributed by atoms with Gasteiger partial charge in [0.25, 0.3) is 0 Å². The molecule has 31 heavy (non-hydrogen) atoms. The molecule has 2 aromatic heterocycles. The van der Waals surface area contributed by atoms with Crippen molar-refractivity contribution in [1.29, 1.82) is 0 Å². The van der Waals surface area contributed by atoms with E-state index in [1.807, 2.05) is 29.9 Å². The lowest BCUT2D eigenvalue weighted by Gasteiger charge is -2.33. The minimum Gasteiger partial charge on any atom is -0.507 e. The van der Waals surface area contributed by atoms with E-state index >= 15 is 0 Å². The standard InChI is InChI=1S/C21H25N7O.2ClH/c1-2-28-12-16(10-24-28)15-5-6-17(20(29)9-15)18-11-23-21(26-25-18)27-8-7-22-19(13-27)14-3-4-14;;/h5-6,9-12,14,19,22,29H,2-4,7-8,13H2,1H3;2*1H/t19-;;/m1../s1. The average molecular weight is 464 g/mol. The van der Waals surface area contributed by atoms with Gasteiger partial charge in [0.05, 0.1) is 12.4 Å². The quantitative estimate of drug-likeness (QED) is 0.599. The Kier molecular flexibility index (Phi) is 7.35. The highest BCUT2D eigenvalue weighted by Gasteiger charge is 2.34. The molecule has 0 amide bonds. The van der Waals surface area contributed by atoms with E-state index in [1.165, 1.54) is 12.8 Å². The zero-order chi connectivity index (χ0) is 19.8. The van der Waals surface area contributed by atoms with Gasteiger partial charge >= 0.3 is 0 Å². The van der Waals surface area contributed by atoms with Crippen molar-refractivity contribution in [3.8, 4) is 28.1 Å². The van der Waals surface area contributed by atoms with Gasteiger partial charge in [-0.05, 0) is 43.4 Å². The largest absolute Gasteiger partial charge is 0.507 e. The van der Waals surface area contributed by atoms with Crippen LogP contribution in [0.3, 0.4) is 0 Å². The molecule has 10 heteroatoms. The van der Waals surface area contributed by atoms with Crippen LogP contribution in [0.15, 0.2) is 36.8 Å². The Hall–Kier alpha value is -2.42. The van der Waals surface area contributed by atoms with Crippen molar-refractivity contribution in [2.75, 3.05) is 24.5 Å². The molecule has 0 radical (unpaired) electrons. The summed E-state index contributed by atoms with van der Waals surface area (Å²) in [6.07, 6.45) is 8.10. The molecule has 1 atom stereocenters. The zero-order valence-electron chi connectivity index (χ0n) is 17.3. The number of phenols is 1. The van der Waals surface area contributed by atoms with Crippen LogP contribution < -0.4 is 10.2 Å². The van der Waals surface area contributed by atoms with Crippen molar-refractivity contribution in [3.63, 3.8) is 0 Å². The summed E-state index contributed by atoms with van der Waals surface area (Å²) in [5.41, 5.74) is 3.07. The molecular formula is C21H27Cl2N7O. The molecule has 5 rings (SSSR count). The van der Waals surface area contributed by atoms with Crippen molar-refractivity contribution in [3.05, 3.63) is 36.8 Å². The second kappa shape index (κ2) is 9.80. The topological polar surface area (TPSA) is 92.0 Å². The zero-order valence-corrected chi connectivity index (χ0v) is 18.9. The normalized spacial score (nSPS) is 18.2. The Morgan fingerprint density at radius 1 is 1.13 bits per heavy atom. The third kappa shape index (κ3) is 4.92. The molecule has 0 bridgehead atoms. The SMILES string of the molecule is CCn1cc(-c2ccc(-c3cnc(N4CCN[C@@H](C5CC5)C4)nn3)c(O)c2)cn1.Cl.Cl. The highest BCUT2D eigenvalue weighted by atomic mass is 35.5. The predicted molar refractivity (Wildman–Crippen MR) is 125 cm³/mol. The maximum atomic E-state index is 10.5. The molecule has 2 N–H and O–H groups in total. The third-order valence-electron chi connectivity index (χ3n) is 5.79. The van der Waals surface area contributed by atoms with Gasteiger partial charge in [0.1, 0.15) is 11.4 Å². The maximum Gasteiger partial charge on any atom is 0.245 e. The van der Waals surface area contributed by atoms with Crippen molar-refractivity contribution >= 4 is 30.8 Å². The van der Waals surface area contributed by atoms with E-state index in [4.69, 9.17) is 0 Å². The predicted octanol–water partition coefficient (Wildman–Crippen LogP) is 3.16. The van der Waals surface area contributed by atoms with Gasteiger partial charge in [-0.2, -0.15) is 5.10 Å². The first-order valence-corrected chi connectivity index (χ1v) is 10.3. The van der Waals surface area contributed by atoms with Gasteiger partial charge in [-0.3, -0.25) is 4.68 Å². The number of piperazine rings is 1. The van der Waals surface area contributed by atoms with E-state index < -0.39 is 0 Å². The summed E-state index contributed by atoms with van der Waals surface area (Å²) < 4.78 is 1.86. The Morgan fingerprint density at radius 2 is 1.97 bits per heavy atom. The lowest BCUT2D eigenvalue weighted by Crippen LogP contribution is -2.52. The van der Waals surface area contributed by atoms with Crippen molar-refractivity contribution in [1.82, 2.24) is 30.3 Å². The van der Waals surface area contributed by atoms with E-state index in [-0.39, 0.29) is 30.6 Å². The third-order valence-corrected chi connectivity index (χ3v) is 5.79. The van der Waals surface area contributed by atoms with Gasteiger partial charge in [0.15, 0.2) is 0 Å². The Morgan fingerprint density at radius 3 is 2.61 bits per heavy atom. The number of halogens is 2. The van der Waals surface area contributed by atoms with E-state index in [1.54, 1.807) is 18.5 Å². The van der Waals surface area contributed by atoms with Crippen LogP contribution in [0.25, 0.3) is 22.4 Å². The lowest BCUT2D eigenvalue weighted by molar-refractivity contribution is 0.414. The number of hydrogen-bond donors (Lipinski definition) is 2. The summed E-state index contributed by atoms with van der Waals surface area (Å²) in [6, 6.07) is 6.07. The van der Waals surface area contributed by atoms with Crippen molar-refractivity contribution < 1.29 is 5.11 Å². The van der Waals surface area contributed by atoms with E-state index in [9.17, 15) is 5.11 Å². The summed E-state index contributed by atoms with van der Waals surface area (Å²) in [4.78, 5) is 6.73. The fraction of sp³-hybridized carbons (Fsp3) is 0.429. The number of anilines is 1. The summed E-state index contributed by atoms with van der Waals surface area (Å²) in [5.74, 6) is 1.61. The van der Waals surface area contributed by atoms with Gasteiger partial charge in [-0.1, -0.05) is 6.07 Å². The number of phenolic OH excluding ortho intramolecular Hbond substituents is 1. The van der Waals surface area contributed by atoms with Gasteiger partial charge in [0, 0.05) is 49.5 Å². The number of benzene rings is 1. The van der Waals surface area contributed by atoms with Crippen LogP contribution >= 0.6 is 24.8 Å². The number of nitrogens with zero attached hydrogens (tertiary/aromatic N) is 6. The Balaban J connectivity index is 0.00000136. The van der Waals surface area contributed by atoms with Crippen LogP contribution in [0.1, 0.15) is 19.8 Å². The first kappa shape index (κ1) is 23.2. The highest BCUT2D eigenvalue weighted by molar-refractivity contribution is 5.85. The summed E-state index contributed by atoms with van der Waals surface area (Å²) >= 11 is 0. The molecule has 166 valence electrons. The lowest BCUT2D eigenvalue weighted by atomic mass is 10.0. The van der Waals surface area contributed by atoms with E-state index in [0.717, 1.165) is 43.2 Å². The number of aromatic nitrogens is 5. The Bertz CT molecular complexity index is 1010. The van der Waals surface area contributed by atoms with Crippen LogP contribution in [0.2, 0.25) is 0 Å². The van der Waals surface area contributed by atoms with Crippen LogP contribution in [0, 0.1) is 5.92 Å². The summed E-state index contributed by atoms with van der Waals surface area (Å²) in [7, 11) is 0. The number of aromatic hydroxyl groups is 1. The van der Waals surface area contributed by atoms with Crippen molar-refractivity contribution in [2.45, 2.75) is 32.4 Å². The average Bonchev–Trinajstić information content (AvgIpc) is 3.51. The van der Waals surface area contributed by atoms with Crippen LogP contribution in [-0.2, 0) is 6.54 Å². The molecule has 3 aromatic rings. The highest BCUT2D eigenvalue weighted by Crippen LogP contribution is 2.34. The molecule has 8 nitrogen and oxygen atoms in total. The summed E-state index contributed by atoms with van der Waals surface area (Å²) in [6.45, 7) is 5.61.